The van der Waals surface area contributed by atoms with E-state index in [1.54, 1.807) is 6.92 Å². The average Bonchev–Trinajstić information content (AvgIpc) is 2.59. The van der Waals surface area contributed by atoms with Gasteiger partial charge in [0.25, 0.3) is 0 Å². The second-order valence-electron chi connectivity index (χ2n) is 9.70. The molecule has 5 nitrogen and oxygen atoms in total. The Morgan fingerprint density at radius 2 is 1.68 bits per heavy atom. The van der Waals surface area contributed by atoms with Crippen LogP contribution in [0.1, 0.15) is 99.3 Å². The van der Waals surface area contributed by atoms with Gasteiger partial charge >= 0.3 is 0 Å². The van der Waals surface area contributed by atoms with Crippen LogP contribution in [0.4, 0.5) is 0 Å². The highest BCUT2D eigenvalue weighted by Crippen LogP contribution is 2.39. The average molecular weight is 400 g/mol. The van der Waals surface area contributed by atoms with E-state index >= 15 is 0 Å². The van der Waals surface area contributed by atoms with Gasteiger partial charge in [0.2, 0.25) is 0 Å². The van der Waals surface area contributed by atoms with Gasteiger partial charge in [0, 0.05) is 31.2 Å². The van der Waals surface area contributed by atoms with Crippen LogP contribution in [0, 0.1) is 0 Å². The molecule has 5 heteroatoms. The van der Waals surface area contributed by atoms with Crippen LogP contribution in [0.25, 0.3) is 0 Å². The molecule has 0 aromatic heterocycles. The van der Waals surface area contributed by atoms with Crippen molar-refractivity contribution in [2.24, 2.45) is 0 Å². The third-order valence-electron chi connectivity index (χ3n) is 6.01. The summed E-state index contributed by atoms with van der Waals surface area (Å²) < 4.78 is 5.71. The molecule has 0 N–H and O–H groups in total. The number of carbonyl (C=O) groups is 1. The van der Waals surface area contributed by atoms with Crippen molar-refractivity contribution < 1.29 is 19.3 Å². The lowest BCUT2D eigenvalue weighted by Crippen LogP contribution is -2.63. The first kappa shape index (κ1) is 25.5. The molecule has 0 saturated carbocycles. The van der Waals surface area contributed by atoms with E-state index in [1.165, 1.54) is 25.7 Å². The first-order valence-electron chi connectivity index (χ1n) is 11.2. The highest BCUT2D eigenvalue weighted by atomic mass is 17.2. The summed E-state index contributed by atoms with van der Waals surface area (Å²) in [6, 6.07) is 0. The van der Waals surface area contributed by atoms with E-state index in [0.29, 0.717) is 19.1 Å². The molecule has 1 saturated heterocycles. The molecule has 1 aliphatic heterocycles. The second kappa shape index (κ2) is 12.3. The van der Waals surface area contributed by atoms with Gasteiger partial charge in [-0.2, -0.15) is 0 Å². The zero-order valence-corrected chi connectivity index (χ0v) is 19.5. The Kier molecular flexibility index (Phi) is 11.2. The molecule has 1 rings (SSSR count). The number of ether oxygens (including phenoxy) is 1. The molecule has 0 aliphatic carbocycles. The number of unbranched alkanes of at least 4 members (excludes halogenated alkanes) is 4. The summed E-state index contributed by atoms with van der Waals surface area (Å²) in [5.41, 5.74) is 0.0667. The van der Waals surface area contributed by atoms with Gasteiger partial charge in [0.15, 0.2) is 0 Å². The molecule has 0 aromatic carbocycles. The first-order chi connectivity index (χ1) is 13.1. The number of piperidine rings is 1. The van der Waals surface area contributed by atoms with E-state index in [4.69, 9.17) is 14.5 Å². The topological polar surface area (TPSA) is 48.0 Å². The van der Waals surface area contributed by atoms with E-state index in [1.807, 2.05) is 7.11 Å². The lowest BCUT2D eigenvalue weighted by Gasteiger charge is -2.55. The minimum atomic E-state index is 0.0197. The van der Waals surface area contributed by atoms with E-state index in [-0.39, 0.29) is 23.0 Å². The Labute approximate surface area is 173 Å². The maximum absolute atomic E-state index is 11.2. The third kappa shape index (κ3) is 8.89. The summed E-state index contributed by atoms with van der Waals surface area (Å²) in [5, 5.41) is 0. The fourth-order valence-electron chi connectivity index (χ4n) is 4.57. The molecule has 28 heavy (non-hydrogen) atoms. The van der Waals surface area contributed by atoms with E-state index in [9.17, 15) is 4.79 Å². The predicted octanol–water partition coefficient (Wildman–Crippen LogP) is 5.31. The van der Waals surface area contributed by atoms with Gasteiger partial charge < -0.3 is 4.74 Å². The van der Waals surface area contributed by atoms with Gasteiger partial charge in [0.1, 0.15) is 11.9 Å². The maximum atomic E-state index is 11.2. The summed E-state index contributed by atoms with van der Waals surface area (Å²) in [6.45, 7) is 14.2. The number of likely N-dealkylation sites (tertiary alicyclic amines) is 1. The number of Topliss-reactive ketones (excluding diaryl/α,β-unsaturated/α-hetero) is 1. The maximum Gasteiger partial charge on any atom is 0.132 e. The largest absolute Gasteiger partial charge is 0.381 e. The van der Waals surface area contributed by atoms with Crippen LogP contribution in [0.5, 0.6) is 0 Å². The zero-order valence-electron chi connectivity index (χ0n) is 19.5. The first-order valence-corrected chi connectivity index (χ1v) is 11.2. The second-order valence-corrected chi connectivity index (χ2v) is 9.70. The Bertz CT molecular complexity index is 432. The molecule has 0 bridgehead atoms. The minimum Gasteiger partial charge on any atom is -0.381 e. The number of methoxy groups -OCH3 is 1. The van der Waals surface area contributed by atoms with Crippen LogP contribution < -0.4 is 0 Å². The summed E-state index contributed by atoms with van der Waals surface area (Å²) in [4.78, 5) is 25.0. The smallest absolute Gasteiger partial charge is 0.132 e. The lowest BCUT2D eigenvalue weighted by molar-refractivity contribution is -0.330. The fraction of sp³-hybridized carbons (Fsp3) is 0.957. The molecular weight excluding hydrogens is 354 g/mol. The number of carbonyl (C=O) groups excluding carboxylic acids is 1. The van der Waals surface area contributed by atoms with Crippen LogP contribution in [-0.4, -0.2) is 54.2 Å². The van der Waals surface area contributed by atoms with Crippen molar-refractivity contribution in [2.45, 2.75) is 123 Å². The molecule has 0 aromatic rings. The number of hydrogen-bond donors (Lipinski definition) is 0. The van der Waals surface area contributed by atoms with E-state index in [0.717, 1.165) is 32.2 Å². The fourth-order valence-corrected chi connectivity index (χ4v) is 4.57. The molecule has 1 heterocycles. The van der Waals surface area contributed by atoms with Crippen LogP contribution in [0.15, 0.2) is 0 Å². The number of hydrogen-bond acceptors (Lipinski definition) is 5. The number of nitrogens with zero attached hydrogens (tertiary/aromatic N) is 1. The van der Waals surface area contributed by atoms with Crippen LogP contribution in [0.2, 0.25) is 0 Å². The predicted molar refractivity (Wildman–Crippen MR) is 114 cm³/mol. The van der Waals surface area contributed by atoms with Crippen molar-refractivity contribution in [2.75, 3.05) is 20.3 Å². The van der Waals surface area contributed by atoms with Gasteiger partial charge in [-0.25, -0.2) is 9.78 Å². The molecule has 1 unspecified atom stereocenters. The minimum absolute atomic E-state index is 0.0197. The SMILES string of the molecule is CCCCCCCC(CN1C(C)(C)CC(OC)CC1(C)C)OOCCC(C)=O. The Balaban J connectivity index is 2.70. The molecule has 1 fully saturated rings. The highest BCUT2D eigenvalue weighted by molar-refractivity contribution is 5.75. The van der Waals surface area contributed by atoms with Crippen molar-refractivity contribution in [3.63, 3.8) is 0 Å². The Morgan fingerprint density at radius 1 is 1.07 bits per heavy atom. The number of rotatable bonds is 14. The summed E-state index contributed by atoms with van der Waals surface area (Å²) in [7, 11) is 1.82. The third-order valence-corrected chi connectivity index (χ3v) is 6.01. The summed E-state index contributed by atoms with van der Waals surface area (Å²) >= 11 is 0. The lowest BCUT2D eigenvalue weighted by atomic mass is 9.77. The summed E-state index contributed by atoms with van der Waals surface area (Å²) in [5.74, 6) is 0.128. The molecular formula is C23H45NO4. The molecule has 0 spiro atoms. The molecule has 0 amide bonds. The quantitative estimate of drug-likeness (QED) is 0.225. The van der Waals surface area contributed by atoms with Crippen molar-refractivity contribution in [1.29, 1.82) is 0 Å². The molecule has 166 valence electrons. The normalized spacial score (nSPS) is 21.0. The Hall–Kier alpha value is -0.490. The van der Waals surface area contributed by atoms with Gasteiger partial charge in [-0.1, -0.05) is 39.0 Å². The Morgan fingerprint density at radius 3 is 2.21 bits per heavy atom. The highest BCUT2D eigenvalue weighted by Gasteiger charge is 2.46. The summed E-state index contributed by atoms with van der Waals surface area (Å²) in [6.07, 6.45) is 9.95. The van der Waals surface area contributed by atoms with E-state index in [2.05, 4.69) is 39.5 Å². The van der Waals surface area contributed by atoms with Crippen molar-refractivity contribution in [3.05, 3.63) is 0 Å². The van der Waals surface area contributed by atoms with Crippen molar-refractivity contribution >= 4 is 5.78 Å². The molecule has 1 atom stereocenters. The van der Waals surface area contributed by atoms with Crippen molar-refractivity contribution in [3.8, 4) is 0 Å². The standard InChI is InChI=1S/C23H45NO4/c1-8-9-10-11-12-13-20(28-27-15-14-19(2)25)18-24-22(3,4)16-21(26-7)17-23(24,5)6/h20-21H,8-18H2,1-7H3. The van der Waals surface area contributed by atoms with Crippen LogP contribution >= 0.6 is 0 Å². The van der Waals surface area contributed by atoms with Crippen LogP contribution in [-0.2, 0) is 19.3 Å². The zero-order chi connectivity index (χ0) is 21.2. The van der Waals surface area contributed by atoms with Gasteiger partial charge in [0.05, 0.1) is 12.7 Å². The monoisotopic (exact) mass is 399 g/mol. The number of ketones is 1. The molecule has 1 aliphatic rings. The van der Waals surface area contributed by atoms with Gasteiger partial charge in [-0.3, -0.25) is 9.69 Å². The van der Waals surface area contributed by atoms with Crippen LogP contribution in [0.3, 0.4) is 0 Å². The van der Waals surface area contributed by atoms with Gasteiger partial charge in [-0.05, 0) is 53.9 Å². The van der Waals surface area contributed by atoms with Crippen molar-refractivity contribution in [1.82, 2.24) is 4.90 Å². The molecule has 0 radical (unpaired) electrons. The van der Waals surface area contributed by atoms with Gasteiger partial charge in [-0.15, -0.1) is 0 Å². The van der Waals surface area contributed by atoms with E-state index < -0.39 is 0 Å².